The van der Waals surface area contributed by atoms with Gasteiger partial charge in [0.05, 0.1) is 12.1 Å². The number of aromatic nitrogens is 3. The van der Waals surface area contributed by atoms with E-state index in [4.69, 9.17) is 0 Å². The Balaban J connectivity index is 1.49. The van der Waals surface area contributed by atoms with E-state index in [1.807, 2.05) is 56.0 Å². The summed E-state index contributed by atoms with van der Waals surface area (Å²) >= 11 is 0. The number of H-pyrrole nitrogens is 1. The predicted octanol–water partition coefficient (Wildman–Crippen LogP) is 1.84. The molecular weight excluding hydrogens is 330 g/mol. The highest BCUT2D eigenvalue weighted by molar-refractivity contribution is 5.89. The molecule has 3 N–H and O–H groups in total. The summed E-state index contributed by atoms with van der Waals surface area (Å²) in [7, 11) is 1.89. The number of hydrogen-bond donors (Lipinski definition) is 3. The van der Waals surface area contributed by atoms with Crippen molar-refractivity contribution in [2.75, 3.05) is 0 Å². The minimum Gasteiger partial charge on any atom is -0.361 e. The van der Waals surface area contributed by atoms with Crippen LogP contribution in [0.2, 0.25) is 0 Å². The van der Waals surface area contributed by atoms with Crippen molar-refractivity contribution >= 4 is 22.7 Å². The van der Waals surface area contributed by atoms with E-state index in [1.165, 1.54) is 0 Å². The summed E-state index contributed by atoms with van der Waals surface area (Å²) in [4.78, 5) is 27.2. The third kappa shape index (κ3) is 3.77. The minimum absolute atomic E-state index is 0.200. The lowest BCUT2D eigenvalue weighted by Crippen LogP contribution is -2.42. The molecule has 0 aliphatic heterocycles. The highest BCUT2D eigenvalue weighted by Crippen LogP contribution is 2.18. The Bertz CT molecular complexity index is 954. The highest BCUT2D eigenvalue weighted by atomic mass is 16.2. The molecule has 0 saturated heterocycles. The first kappa shape index (κ1) is 17.7. The van der Waals surface area contributed by atoms with E-state index in [9.17, 15) is 9.59 Å². The molecule has 0 aliphatic rings. The summed E-state index contributed by atoms with van der Waals surface area (Å²) in [5, 5.41) is 5.35. The second-order valence-corrected chi connectivity index (χ2v) is 6.41. The monoisotopic (exact) mass is 353 g/mol. The fourth-order valence-corrected chi connectivity index (χ4v) is 3.11. The number of benzene rings is 1. The number of aryl methyl sites for hydroxylation is 2. The maximum absolute atomic E-state index is 12.1. The number of amides is 2. The van der Waals surface area contributed by atoms with Gasteiger partial charge in [0, 0.05) is 36.3 Å². The van der Waals surface area contributed by atoms with Crippen molar-refractivity contribution < 1.29 is 9.59 Å². The SMILES string of the molecule is Cc1nn(C)c(C)c1CCC(=O)NNC(=O)Cc1c[nH]c2ccccc12. The summed E-state index contributed by atoms with van der Waals surface area (Å²) in [6, 6.07) is 7.79. The summed E-state index contributed by atoms with van der Waals surface area (Å²) < 4.78 is 1.81. The van der Waals surface area contributed by atoms with Crippen LogP contribution in [0.3, 0.4) is 0 Å². The van der Waals surface area contributed by atoms with E-state index in [0.29, 0.717) is 12.8 Å². The molecular formula is C19H23N5O2. The van der Waals surface area contributed by atoms with E-state index in [2.05, 4.69) is 20.9 Å². The normalized spacial score (nSPS) is 10.9. The first-order valence-electron chi connectivity index (χ1n) is 8.57. The zero-order chi connectivity index (χ0) is 18.7. The fraction of sp³-hybridized carbons (Fsp3) is 0.316. The molecule has 3 rings (SSSR count). The van der Waals surface area contributed by atoms with E-state index in [-0.39, 0.29) is 18.2 Å². The molecule has 136 valence electrons. The van der Waals surface area contributed by atoms with E-state index < -0.39 is 0 Å². The van der Waals surface area contributed by atoms with Gasteiger partial charge in [-0.05, 0) is 37.5 Å². The lowest BCUT2D eigenvalue weighted by molar-refractivity contribution is -0.128. The number of hydrazine groups is 1. The summed E-state index contributed by atoms with van der Waals surface area (Å²) in [6.45, 7) is 3.92. The van der Waals surface area contributed by atoms with Crippen molar-refractivity contribution in [3.05, 3.63) is 53.0 Å². The van der Waals surface area contributed by atoms with Crippen molar-refractivity contribution in [2.24, 2.45) is 7.05 Å². The third-order valence-corrected chi connectivity index (χ3v) is 4.63. The molecule has 7 heteroatoms. The fourth-order valence-electron chi connectivity index (χ4n) is 3.11. The van der Waals surface area contributed by atoms with Crippen molar-refractivity contribution in [3.63, 3.8) is 0 Å². The first-order valence-corrected chi connectivity index (χ1v) is 8.57. The van der Waals surface area contributed by atoms with Gasteiger partial charge < -0.3 is 4.98 Å². The quantitative estimate of drug-likeness (QED) is 0.611. The molecule has 26 heavy (non-hydrogen) atoms. The number of rotatable bonds is 5. The first-order chi connectivity index (χ1) is 12.5. The predicted molar refractivity (Wildman–Crippen MR) is 99.3 cm³/mol. The maximum Gasteiger partial charge on any atom is 0.242 e. The van der Waals surface area contributed by atoms with Gasteiger partial charge in [0.2, 0.25) is 11.8 Å². The van der Waals surface area contributed by atoms with Crippen molar-refractivity contribution in [1.29, 1.82) is 0 Å². The molecule has 0 fully saturated rings. The molecule has 2 heterocycles. The molecule has 3 aromatic rings. The largest absolute Gasteiger partial charge is 0.361 e. The molecule has 1 aromatic carbocycles. The van der Waals surface area contributed by atoms with Crippen molar-refractivity contribution in [1.82, 2.24) is 25.6 Å². The van der Waals surface area contributed by atoms with Crippen LogP contribution in [-0.2, 0) is 29.5 Å². The zero-order valence-corrected chi connectivity index (χ0v) is 15.2. The van der Waals surface area contributed by atoms with Gasteiger partial charge in [0.25, 0.3) is 0 Å². The smallest absolute Gasteiger partial charge is 0.242 e. The molecule has 2 amide bonds. The van der Waals surface area contributed by atoms with Crippen LogP contribution in [0.25, 0.3) is 10.9 Å². The van der Waals surface area contributed by atoms with Crippen LogP contribution in [-0.4, -0.2) is 26.6 Å². The Hall–Kier alpha value is -3.09. The van der Waals surface area contributed by atoms with E-state index >= 15 is 0 Å². The van der Waals surface area contributed by atoms with Crippen LogP contribution >= 0.6 is 0 Å². The number of hydrogen-bond acceptors (Lipinski definition) is 3. The van der Waals surface area contributed by atoms with Gasteiger partial charge in [-0.1, -0.05) is 18.2 Å². The second kappa shape index (κ2) is 7.43. The molecule has 0 bridgehead atoms. The van der Waals surface area contributed by atoms with Crippen LogP contribution < -0.4 is 10.9 Å². The molecule has 0 spiro atoms. The van der Waals surface area contributed by atoms with Crippen LogP contribution in [0.1, 0.15) is 28.9 Å². The Morgan fingerprint density at radius 2 is 1.88 bits per heavy atom. The molecule has 7 nitrogen and oxygen atoms in total. The summed E-state index contributed by atoms with van der Waals surface area (Å²) in [6.07, 6.45) is 2.90. The van der Waals surface area contributed by atoms with Gasteiger partial charge in [-0.15, -0.1) is 0 Å². The van der Waals surface area contributed by atoms with Crippen LogP contribution in [0.4, 0.5) is 0 Å². The van der Waals surface area contributed by atoms with Gasteiger partial charge in [-0.3, -0.25) is 25.1 Å². The molecule has 0 aliphatic carbocycles. The Morgan fingerprint density at radius 1 is 1.15 bits per heavy atom. The average molecular weight is 353 g/mol. The Morgan fingerprint density at radius 3 is 2.62 bits per heavy atom. The van der Waals surface area contributed by atoms with E-state index in [0.717, 1.165) is 33.4 Å². The van der Waals surface area contributed by atoms with E-state index in [1.54, 1.807) is 0 Å². The topological polar surface area (TPSA) is 91.8 Å². The standard InChI is InChI=1S/C19H23N5O2/c1-12-15(13(2)24(3)23-12)8-9-18(25)21-22-19(26)10-14-11-20-17-7-5-4-6-16(14)17/h4-7,11,20H,8-10H2,1-3H3,(H,21,25)(H,22,26). The zero-order valence-electron chi connectivity index (χ0n) is 15.2. The second-order valence-electron chi connectivity index (χ2n) is 6.41. The number of aromatic amines is 1. The van der Waals surface area contributed by atoms with Gasteiger partial charge in [0.1, 0.15) is 0 Å². The maximum atomic E-state index is 12.1. The number of nitrogens with zero attached hydrogens (tertiary/aromatic N) is 2. The number of nitrogens with one attached hydrogen (secondary N) is 3. The molecule has 0 unspecified atom stereocenters. The van der Waals surface area contributed by atoms with Crippen LogP contribution in [0.15, 0.2) is 30.5 Å². The Kier molecular flexibility index (Phi) is 5.06. The lowest BCUT2D eigenvalue weighted by Gasteiger charge is -2.07. The molecule has 0 saturated carbocycles. The van der Waals surface area contributed by atoms with Gasteiger partial charge in [-0.25, -0.2) is 0 Å². The Labute approximate surface area is 151 Å². The number of carbonyl (C=O) groups is 2. The van der Waals surface area contributed by atoms with Gasteiger partial charge in [0.15, 0.2) is 0 Å². The molecule has 0 atom stereocenters. The van der Waals surface area contributed by atoms with Crippen molar-refractivity contribution in [2.45, 2.75) is 33.1 Å². The average Bonchev–Trinajstić information content (AvgIpc) is 3.13. The number of fused-ring (bicyclic) bond motifs is 1. The number of carbonyl (C=O) groups excluding carboxylic acids is 2. The minimum atomic E-state index is -0.253. The van der Waals surface area contributed by atoms with Crippen LogP contribution in [0, 0.1) is 13.8 Å². The highest BCUT2D eigenvalue weighted by Gasteiger charge is 2.13. The van der Waals surface area contributed by atoms with Gasteiger partial charge in [-0.2, -0.15) is 5.10 Å². The molecule has 0 radical (unpaired) electrons. The summed E-state index contributed by atoms with van der Waals surface area (Å²) in [5.74, 6) is -0.475. The number of para-hydroxylation sites is 1. The third-order valence-electron chi connectivity index (χ3n) is 4.63. The van der Waals surface area contributed by atoms with Crippen LogP contribution in [0.5, 0.6) is 0 Å². The molecule has 2 aromatic heterocycles. The lowest BCUT2D eigenvalue weighted by atomic mass is 10.1. The van der Waals surface area contributed by atoms with Crippen molar-refractivity contribution in [3.8, 4) is 0 Å². The summed E-state index contributed by atoms with van der Waals surface area (Å²) in [5.41, 5.74) is 9.91. The van der Waals surface area contributed by atoms with Gasteiger partial charge >= 0.3 is 0 Å².